The maximum atomic E-state index is 13.3. The number of amides is 1. The molecule has 0 fully saturated rings. The van der Waals surface area contributed by atoms with E-state index >= 15 is 0 Å². The number of nitrogens with one attached hydrogen (secondary N) is 1. The Bertz CT molecular complexity index is 1380. The minimum Gasteiger partial charge on any atom is -0.454 e. The van der Waals surface area contributed by atoms with E-state index in [1.54, 1.807) is 40.2 Å². The van der Waals surface area contributed by atoms with Crippen molar-refractivity contribution in [2.24, 2.45) is 0 Å². The summed E-state index contributed by atoms with van der Waals surface area (Å²) >= 11 is 4.24. The highest BCUT2D eigenvalue weighted by molar-refractivity contribution is 7.99. The number of allylic oxidation sites excluding steroid dienone is 1. The number of fused-ring (bicyclic) bond motifs is 2. The zero-order valence-electron chi connectivity index (χ0n) is 16.7. The standard InChI is InChI=1S/C22H17N3O4S3/c1-2-7-25-21(27)19-14(17-4-3-8-30-17)10-31-20(19)24-22(25)32-11-18(26)23-13-5-6-15-16(9-13)29-12-28-15/h2-6,8-10H,1,7,11-12H2,(H,23,26). The van der Waals surface area contributed by atoms with E-state index in [4.69, 9.17) is 14.5 Å². The van der Waals surface area contributed by atoms with Gasteiger partial charge >= 0.3 is 0 Å². The molecule has 0 unspecified atom stereocenters. The highest BCUT2D eigenvalue weighted by Crippen LogP contribution is 2.35. The Kier molecular flexibility index (Phi) is 5.73. The van der Waals surface area contributed by atoms with E-state index in [9.17, 15) is 9.59 Å². The van der Waals surface area contributed by atoms with Crippen molar-refractivity contribution in [1.82, 2.24) is 9.55 Å². The molecule has 4 heterocycles. The van der Waals surface area contributed by atoms with Crippen LogP contribution >= 0.6 is 34.4 Å². The van der Waals surface area contributed by atoms with Gasteiger partial charge in [0.25, 0.3) is 5.56 Å². The first kappa shape index (κ1) is 20.8. The van der Waals surface area contributed by atoms with E-state index in [2.05, 4.69) is 11.9 Å². The number of carbonyl (C=O) groups is 1. The summed E-state index contributed by atoms with van der Waals surface area (Å²) in [7, 11) is 0. The van der Waals surface area contributed by atoms with Gasteiger partial charge < -0.3 is 14.8 Å². The van der Waals surface area contributed by atoms with Crippen LogP contribution in [0.15, 0.2) is 63.7 Å². The average molecular weight is 484 g/mol. The minimum absolute atomic E-state index is 0.104. The van der Waals surface area contributed by atoms with Crippen LogP contribution in [0, 0.1) is 0 Å². The summed E-state index contributed by atoms with van der Waals surface area (Å²) < 4.78 is 12.2. The lowest BCUT2D eigenvalue weighted by atomic mass is 10.2. The third kappa shape index (κ3) is 3.92. The Morgan fingerprint density at radius 3 is 2.97 bits per heavy atom. The highest BCUT2D eigenvalue weighted by atomic mass is 32.2. The highest BCUT2D eigenvalue weighted by Gasteiger charge is 2.19. The molecule has 1 aliphatic rings. The fraction of sp³-hybridized carbons (Fsp3) is 0.136. The van der Waals surface area contributed by atoms with Gasteiger partial charge in [0.2, 0.25) is 12.7 Å². The van der Waals surface area contributed by atoms with Crippen molar-refractivity contribution in [2.75, 3.05) is 17.9 Å². The van der Waals surface area contributed by atoms with Crippen LogP contribution in [-0.4, -0.2) is 28.0 Å². The van der Waals surface area contributed by atoms with Crippen molar-refractivity contribution < 1.29 is 14.3 Å². The number of anilines is 1. The first-order chi connectivity index (χ1) is 15.6. The van der Waals surface area contributed by atoms with E-state index in [1.807, 2.05) is 22.9 Å². The predicted octanol–water partition coefficient (Wildman–Crippen LogP) is 4.83. The molecular formula is C22H17N3O4S3. The van der Waals surface area contributed by atoms with Crippen molar-refractivity contribution in [2.45, 2.75) is 11.7 Å². The Morgan fingerprint density at radius 2 is 2.16 bits per heavy atom. The number of hydrogen-bond acceptors (Lipinski definition) is 8. The molecule has 0 spiro atoms. The summed E-state index contributed by atoms with van der Waals surface area (Å²) in [6.07, 6.45) is 1.66. The molecule has 0 bridgehead atoms. The number of thioether (sulfide) groups is 1. The number of aromatic nitrogens is 2. The van der Waals surface area contributed by atoms with Gasteiger partial charge in [0.1, 0.15) is 4.83 Å². The zero-order valence-corrected chi connectivity index (χ0v) is 19.1. The molecule has 4 aromatic rings. The van der Waals surface area contributed by atoms with Gasteiger partial charge in [-0.05, 0) is 23.6 Å². The second-order valence-electron chi connectivity index (χ2n) is 6.81. The Morgan fingerprint density at radius 1 is 1.28 bits per heavy atom. The molecule has 1 N–H and O–H groups in total. The number of ether oxygens (including phenoxy) is 2. The topological polar surface area (TPSA) is 82.5 Å². The molecule has 10 heteroatoms. The molecule has 1 aromatic carbocycles. The molecule has 3 aromatic heterocycles. The number of carbonyl (C=O) groups excluding carboxylic acids is 1. The van der Waals surface area contributed by atoms with Crippen LogP contribution < -0.4 is 20.3 Å². The monoisotopic (exact) mass is 483 g/mol. The second-order valence-corrected chi connectivity index (χ2v) is 9.56. The summed E-state index contributed by atoms with van der Waals surface area (Å²) in [5, 5.41) is 7.88. The summed E-state index contributed by atoms with van der Waals surface area (Å²) in [6, 6.07) is 9.19. The van der Waals surface area contributed by atoms with Crippen molar-refractivity contribution in [3.63, 3.8) is 0 Å². The largest absolute Gasteiger partial charge is 0.454 e. The van der Waals surface area contributed by atoms with E-state index in [-0.39, 0.29) is 24.0 Å². The van der Waals surface area contributed by atoms with E-state index in [0.717, 1.165) is 10.4 Å². The molecule has 0 radical (unpaired) electrons. The number of thiophene rings is 2. The van der Waals surface area contributed by atoms with E-state index in [0.29, 0.717) is 39.1 Å². The molecule has 0 aliphatic carbocycles. The molecule has 1 aliphatic heterocycles. The normalized spacial score (nSPS) is 12.2. The maximum Gasteiger partial charge on any atom is 0.263 e. The number of rotatable bonds is 7. The van der Waals surface area contributed by atoms with Gasteiger partial charge in [0, 0.05) is 34.1 Å². The zero-order chi connectivity index (χ0) is 22.1. The van der Waals surface area contributed by atoms with Crippen LogP contribution in [0.2, 0.25) is 0 Å². The van der Waals surface area contributed by atoms with Gasteiger partial charge in [-0.25, -0.2) is 4.98 Å². The fourth-order valence-corrected chi connectivity index (χ4v) is 5.93. The van der Waals surface area contributed by atoms with E-state index in [1.165, 1.54) is 23.1 Å². The minimum atomic E-state index is -0.209. The van der Waals surface area contributed by atoms with Gasteiger partial charge in [-0.3, -0.25) is 14.2 Å². The van der Waals surface area contributed by atoms with Crippen LogP contribution in [0.1, 0.15) is 0 Å². The average Bonchev–Trinajstić information content (AvgIpc) is 3.54. The van der Waals surface area contributed by atoms with Crippen LogP contribution in [-0.2, 0) is 11.3 Å². The molecule has 0 saturated heterocycles. The number of hydrogen-bond donors (Lipinski definition) is 1. The van der Waals surface area contributed by atoms with Gasteiger partial charge in [0.15, 0.2) is 16.7 Å². The molecule has 5 rings (SSSR count). The summed E-state index contributed by atoms with van der Waals surface area (Å²) in [5.41, 5.74) is 1.39. The van der Waals surface area contributed by atoms with Crippen LogP contribution in [0.5, 0.6) is 11.5 Å². The molecule has 1 amide bonds. The molecule has 0 saturated carbocycles. The molecular weight excluding hydrogens is 466 g/mol. The maximum absolute atomic E-state index is 13.3. The van der Waals surface area contributed by atoms with Crippen molar-refractivity contribution in [3.05, 3.63) is 64.1 Å². The first-order valence-electron chi connectivity index (χ1n) is 9.63. The SMILES string of the molecule is C=CCn1c(SCC(=O)Nc2ccc3c(c2)OCO3)nc2scc(-c3cccs3)c2c1=O. The molecule has 32 heavy (non-hydrogen) atoms. The molecule has 162 valence electrons. The van der Waals surface area contributed by atoms with Crippen LogP contribution in [0.3, 0.4) is 0 Å². The van der Waals surface area contributed by atoms with Crippen molar-refractivity contribution in [1.29, 1.82) is 0 Å². The summed E-state index contributed by atoms with van der Waals surface area (Å²) in [4.78, 5) is 32.2. The Hall–Kier alpha value is -3.08. The van der Waals surface area contributed by atoms with Gasteiger partial charge in [-0.15, -0.1) is 29.3 Å². The predicted molar refractivity (Wildman–Crippen MR) is 129 cm³/mol. The van der Waals surface area contributed by atoms with Crippen molar-refractivity contribution in [3.8, 4) is 21.9 Å². The van der Waals surface area contributed by atoms with Crippen molar-refractivity contribution >= 4 is 56.2 Å². The summed E-state index contributed by atoms with van der Waals surface area (Å²) in [6.45, 7) is 4.25. The van der Waals surface area contributed by atoms with Crippen LogP contribution in [0.4, 0.5) is 5.69 Å². The summed E-state index contributed by atoms with van der Waals surface area (Å²) in [5.74, 6) is 1.15. The van der Waals surface area contributed by atoms with Gasteiger partial charge in [-0.1, -0.05) is 23.9 Å². The van der Waals surface area contributed by atoms with E-state index < -0.39 is 0 Å². The van der Waals surface area contributed by atoms with Gasteiger partial charge in [0.05, 0.1) is 11.1 Å². The first-order valence-corrected chi connectivity index (χ1v) is 12.4. The lowest BCUT2D eigenvalue weighted by Crippen LogP contribution is -2.23. The quantitative estimate of drug-likeness (QED) is 0.230. The lowest BCUT2D eigenvalue weighted by molar-refractivity contribution is -0.113. The second kappa shape index (κ2) is 8.81. The number of benzene rings is 1. The molecule has 0 atom stereocenters. The molecule has 7 nitrogen and oxygen atoms in total. The number of nitrogens with zero attached hydrogens (tertiary/aromatic N) is 2. The Labute approximate surface area is 195 Å². The third-order valence-corrected chi connectivity index (χ3v) is 7.50. The smallest absolute Gasteiger partial charge is 0.263 e. The van der Waals surface area contributed by atoms with Gasteiger partial charge in [-0.2, -0.15) is 0 Å². The Balaban J connectivity index is 1.38. The third-order valence-electron chi connectivity index (χ3n) is 4.75. The van der Waals surface area contributed by atoms with Crippen LogP contribution in [0.25, 0.3) is 20.7 Å². The lowest BCUT2D eigenvalue weighted by Gasteiger charge is -2.11. The fourth-order valence-electron chi connectivity index (χ4n) is 3.32.